The molecule has 0 aliphatic carbocycles. The third-order valence-electron chi connectivity index (χ3n) is 3.03. The molecule has 0 aliphatic rings. The number of nitrogens with zero attached hydrogens (tertiary/aromatic N) is 2. The first-order chi connectivity index (χ1) is 9.44. The van der Waals surface area contributed by atoms with E-state index in [1.807, 2.05) is 25.1 Å². The van der Waals surface area contributed by atoms with E-state index < -0.39 is 5.41 Å². The van der Waals surface area contributed by atoms with Crippen molar-refractivity contribution in [1.29, 1.82) is 0 Å². The lowest BCUT2D eigenvalue weighted by Gasteiger charge is -2.21. The monoisotopic (exact) mass is 293 g/mol. The van der Waals surface area contributed by atoms with E-state index in [1.165, 1.54) is 6.39 Å². The zero-order valence-corrected chi connectivity index (χ0v) is 12.4. The number of aromatic nitrogens is 2. The molecule has 0 unspecified atom stereocenters. The van der Waals surface area contributed by atoms with Crippen molar-refractivity contribution in [1.82, 2.24) is 10.2 Å². The van der Waals surface area contributed by atoms with Gasteiger partial charge in [0.1, 0.15) is 0 Å². The minimum atomic E-state index is -0.612. The summed E-state index contributed by atoms with van der Waals surface area (Å²) in [5.41, 5.74) is 1.87. The number of aryl methyl sites for hydroxylation is 1. The Labute approximate surface area is 122 Å². The molecule has 1 amide bonds. The van der Waals surface area contributed by atoms with E-state index in [0.717, 1.165) is 16.8 Å². The number of alkyl halides is 1. The van der Waals surface area contributed by atoms with Gasteiger partial charge < -0.3 is 9.73 Å². The molecular formula is C14H16ClN3O2. The van der Waals surface area contributed by atoms with E-state index in [-0.39, 0.29) is 11.8 Å². The Hall–Kier alpha value is -1.88. The molecule has 106 valence electrons. The van der Waals surface area contributed by atoms with Crippen LogP contribution >= 0.6 is 11.6 Å². The number of hydrogen-bond acceptors (Lipinski definition) is 4. The zero-order valence-electron chi connectivity index (χ0n) is 11.6. The predicted octanol–water partition coefficient (Wildman–Crippen LogP) is 3.25. The Kier molecular flexibility index (Phi) is 4.09. The van der Waals surface area contributed by atoms with Gasteiger partial charge in [0.05, 0.1) is 5.41 Å². The van der Waals surface area contributed by atoms with E-state index in [9.17, 15) is 4.79 Å². The number of rotatable bonds is 4. The fourth-order valence-electron chi connectivity index (χ4n) is 1.59. The molecule has 1 aromatic carbocycles. The number of anilines is 1. The molecule has 0 bridgehead atoms. The average Bonchev–Trinajstić information content (AvgIpc) is 2.94. The predicted molar refractivity (Wildman–Crippen MR) is 77.6 cm³/mol. The number of amides is 1. The van der Waals surface area contributed by atoms with Crippen molar-refractivity contribution in [2.75, 3.05) is 11.2 Å². The molecule has 0 radical (unpaired) electrons. The minimum absolute atomic E-state index is 0.110. The Bertz CT molecular complexity index is 609. The molecule has 20 heavy (non-hydrogen) atoms. The van der Waals surface area contributed by atoms with Crippen LogP contribution in [0.25, 0.3) is 11.5 Å². The van der Waals surface area contributed by atoms with Gasteiger partial charge in [0.25, 0.3) is 0 Å². The summed E-state index contributed by atoms with van der Waals surface area (Å²) < 4.78 is 5.14. The summed E-state index contributed by atoms with van der Waals surface area (Å²) in [5.74, 6) is 0.603. The summed E-state index contributed by atoms with van der Waals surface area (Å²) in [7, 11) is 0. The van der Waals surface area contributed by atoms with Gasteiger partial charge in [0, 0.05) is 17.1 Å². The smallest absolute Gasteiger partial charge is 0.247 e. The van der Waals surface area contributed by atoms with Crippen LogP contribution in [0.2, 0.25) is 0 Å². The molecule has 0 saturated heterocycles. The Morgan fingerprint density at radius 1 is 1.45 bits per heavy atom. The quantitative estimate of drug-likeness (QED) is 0.879. The molecule has 1 N–H and O–H groups in total. The van der Waals surface area contributed by atoms with Crippen LogP contribution in [-0.2, 0) is 4.79 Å². The van der Waals surface area contributed by atoms with Crippen LogP contribution in [0.15, 0.2) is 29.0 Å². The maximum atomic E-state index is 12.1. The third-order valence-corrected chi connectivity index (χ3v) is 3.70. The van der Waals surface area contributed by atoms with Gasteiger partial charge in [-0.05, 0) is 44.5 Å². The zero-order chi connectivity index (χ0) is 14.8. The van der Waals surface area contributed by atoms with Crippen molar-refractivity contribution in [3.05, 3.63) is 30.2 Å². The second kappa shape index (κ2) is 5.63. The van der Waals surface area contributed by atoms with Gasteiger partial charge in [-0.2, -0.15) is 0 Å². The van der Waals surface area contributed by atoms with Crippen LogP contribution in [0.3, 0.4) is 0 Å². The summed E-state index contributed by atoms with van der Waals surface area (Å²) in [6, 6.07) is 5.53. The van der Waals surface area contributed by atoms with E-state index in [0.29, 0.717) is 5.89 Å². The molecule has 6 heteroatoms. The first-order valence-electron chi connectivity index (χ1n) is 6.18. The van der Waals surface area contributed by atoms with Crippen LogP contribution in [0.5, 0.6) is 0 Å². The van der Waals surface area contributed by atoms with Crippen molar-refractivity contribution >= 4 is 23.2 Å². The van der Waals surface area contributed by atoms with Gasteiger partial charge in [-0.1, -0.05) is 0 Å². The maximum Gasteiger partial charge on any atom is 0.247 e. The highest BCUT2D eigenvalue weighted by molar-refractivity contribution is 6.20. The largest absolute Gasteiger partial charge is 0.423 e. The van der Waals surface area contributed by atoms with Crippen molar-refractivity contribution < 1.29 is 9.21 Å². The van der Waals surface area contributed by atoms with Crippen LogP contribution in [0.1, 0.15) is 19.4 Å². The lowest BCUT2D eigenvalue weighted by atomic mass is 9.95. The van der Waals surface area contributed by atoms with Gasteiger partial charge in [-0.25, -0.2) is 0 Å². The van der Waals surface area contributed by atoms with Crippen LogP contribution in [-0.4, -0.2) is 22.0 Å². The number of hydrogen-bond donors (Lipinski definition) is 1. The van der Waals surface area contributed by atoms with E-state index in [1.54, 1.807) is 13.8 Å². The topological polar surface area (TPSA) is 68.0 Å². The van der Waals surface area contributed by atoms with Gasteiger partial charge in [-0.15, -0.1) is 21.8 Å². The standard InChI is InChI=1S/C14H16ClN3O2/c1-9-6-10(12-18-16-8-20-12)4-5-11(9)17-13(19)14(2,3)7-15/h4-6,8H,7H2,1-3H3,(H,17,19). The number of benzene rings is 1. The van der Waals surface area contributed by atoms with E-state index in [4.69, 9.17) is 16.0 Å². The van der Waals surface area contributed by atoms with Gasteiger partial charge in [0.2, 0.25) is 18.2 Å². The molecule has 0 fully saturated rings. The molecule has 1 heterocycles. The number of carbonyl (C=O) groups is 1. The fourth-order valence-corrected chi connectivity index (χ4v) is 1.71. The van der Waals surface area contributed by atoms with Crippen LogP contribution in [0.4, 0.5) is 5.69 Å². The number of nitrogens with one attached hydrogen (secondary N) is 1. The first kappa shape index (κ1) is 14.5. The van der Waals surface area contributed by atoms with Crippen LogP contribution in [0, 0.1) is 12.3 Å². The lowest BCUT2D eigenvalue weighted by molar-refractivity contribution is -0.122. The molecule has 1 aromatic heterocycles. The molecule has 2 aromatic rings. The highest BCUT2D eigenvalue weighted by Gasteiger charge is 2.26. The summed E-state index contributed by atoms with van der Waals surface area (Å²) >= 11 is 5.80. The summed E-state index contributed by atoms with van der Waals surface area (Å²) in [4.78, 5) is 12.1. The van der Waals surface area contributed by atoms with E-state index >= 15 is 0 Å². The third kappa shape index (κ3) is 2.99. The molecule has 5 nitrogen and oxygen atoms in total. The van der Waals surface area contributed by atoms with Crippen molar-refractivity contribution in [2.24, 2.45) is 5.41 Å². The highest BCUT2D eigenvalue weighted by Crippen LogP contribution is 2.25. The summed E-state index contributed by atoms with van der Waals surface area (Å²) in [6.45, 7) is 5.51. The second-order valence-corrected chi connectivity index (χ2v) is 5.51. The maximum absolute atomic E-state index is 12.1. The highest BCUT2D eigenvalue weighted by atomic mass is 35.5. The molecule has 2 rings (SSSR count). The minimum Gasteiger partial charge on any atom is -0.423 e. The van der Waals surface area contributed by atoms with Gasteiger partial charge in [-0.3, -0.25) is 4.79 Å². The van der Waals surface area contributed by atoms with Gasteiger partial charge >= 0.3 is 0 Å². The van der Waals surface area contributed by atoms with E-state index in [2.05, 4.69) is 15.5 Å². The normalized spacial score (nSPS) is 11.4. The lowest BCUT2D eigenvalue weighted by Crippen LogP contribution is -2.32. The Morgan fingerprint density at radius 2 is 2.20 bits per heavy atom. The Balaban J connectivity index is 2.21. The Morgan fingerprint density at radius 3 is 2.75 bits per heavy atom. The first-order valence-corrected chi connectivity index (χ1v) is 6.72. The SMILES string of the molecule is Cc1cc(-c2nnco2)ccc1NC(=O)C(C)(C)CCl. The van der Waals surface area contributed by atoms with Crippen molar-refractivity contribution in [2.45, 2.75) is 20.8 Å². The molecule has 0 atom stereocenters. The van der Waals surface area contributed by atoms with Crippen LogP contribution < -0.4 is 5.32 Å². The second-order valence-electron chi connectivity index (χ2n) is 5.25. The number of carbonyl (C=O) groups excluding carboxylic acids is 1. The number of halogens is 1. The van der Waals surface area contributed by atoms with Crippen molar-refractivity contribution in [3.63, 3.8) is 0 Å². The van der Waals surface area contributed by atoms with Gasteiger partial charge in [0.15, 0.2) is 0 Å². The van der Waals surface area contributed by atoms with Crippen molar-refractivity contribution in [3.8, 4) is 11.5 Å². The molecule has 0 saturated carbocycles. The summed E-state index contributed by atoms with van der Waals surface area (Å²) in [6.07, 6.45) is 1.28. The molecule has 0 aliphatic heterocycles. The summed E-state index contributed by atoms with van der Waals surface area (Å²) in [5, 5.41) is 10.4. The fraction of sp³-hybridized carbons (Fsp3) is 0.357. The average molecular weight is 294 g/mol. The molecule has 0 spiro atoms. The molecular weight excluding hydrogens is 278 g/mol.